The number of hydrogen-bond donors (Lipinski definition) is 2. The number of amides is 1. The quantitative estimate of drug-likeness (QED) is 0.324. The van der Waals surface area contributed by atoms with Crippen LogP contribution < -0.4 is 10.0 Å². The number of nitrogens with zero attached hydrogens (tertiary/aromatic N) is 3. The molecule has 0 aliphatic carbocycles. The number of halogens is 1. The van der Waals surface area contributed by atoms with Crippen LogP contribution in [0.3, 0.4) is 0 Å². The van der Waals surface area contributed by atoms with Gasteiger partial charge in [0.15, 0.2) is 11.7 Å². The molecule has 11 heteroatoms. The third kappa shape index (κ3) is 7.59. The average molecular weight is 527 g/mol. The van der Waals surface area contributed by atoms with Crippen molar-refractivity contribution in [3.8, 4) is 0 Å². The van der Waals surface area contributed by atoms with Gasteiger partial charge in [0.25, 0.3) is 5.91 Å². The van der Waals surface area contributed by atoms with Crippen LogP contribution in [0.25, 0.3) is 0 Å². The maximum atomic E-state index is 12.4. The zero-order valence-corrected chi connectivity index (χ0v) is 19.9. The average Bonchev–Trinajstić information content (AvgIpc) is 3.10. The van der Waals surface area contributed by atoms with Gasteiger partial charge in [-0.2, -0.15) is 0 Å². The van der Waals surface area contributed by atoms with Gasteiger partial charge >= 0.3 is 0 Å². The molecule has 1 amide bonds. The van der Waals surface area contributed by atoms with E-state index in [0.29, 0.717) is 51.0 Å². The highest BCUT2D eigenvalue weighted by Crippen LogP contribution is 2.10. The largest absolute Gasteiger partial charge is 0.459 e. The summed E-state index contributed by atoms with van der Waals surface area (Å²) in [4.78, 5) is 20.8. The van der Waals surface area contributed by atoms with Crippen LogP contribution in [-0.2, 0) is 10.0 Å². The Balaban J connectivity index is 0.00000392. The van der Waals surface area contributed by atoms with Crippen molar-refractivity contribution >= 4 is 45.9 Å². The van der Waals surface area contributed by atoms with E-state index >= 15 is 0 Å². The first kappa shape index (κ1) is 24.7. The summed E-state index contributed by atoms with van der Waals surface area (Å²) in [7, 11) is -3.31. The van der Waals surface area contributed by atoms with Crippen molar-refractivity contribution in [3.63, 3.8) is 0 Å². The molecule has 0 aromatic carbocycles. The maximum absolute atomic E-state index is 12.4. The van der Waals surface area contributed by atoms with Crippen molar-refractivity contribution in [2.24, 2.45) is 4.99 Å². The number of carbonyl (C=O) groups excluding carboxylic acids is 1. The second-order valence-electron chi connectivity index (χ2n) is 7.18. The van der Waals surface area contributed by atoms with Crippen molar-refractivity contribution in [1.82, 2.24) is 19.8 Å². The highest BCUT2D eigenvalue weighted by atomic mass is 127. The lowest BCUT2D eigenvalue weighted by atomic mass is 10.1. The molecule has 0 unspecified atom stereocenters. The van der Waals surface area contributed by atoms with Crippen molar-refractivity contribution in [2.75, 3.05) is 45.5 Å². The number of hydrogen-bond acceptors (Lipinski definition) is 5. The van der Waals surface area contributed by atoms with Crippen molar-refractivity contribution < 1.29 is 17.6 Å². The van der Waals surface area contributed by atoms with E-state index in [0.717, 1.165) is 6.26 Å². The Kier molecular flexibility index (Phi) is 9.21. The summed E-state index contributed by atoms with van der Waals surface area (Å²) in [6.45, 7) is 8.97. The predicted octanol–water partition coefficient (Wildman–Crippen LogP) is 0.949. The summed E-state index contributed by atoms with van der Waals surface area (Å²) in [6.07, 6.45) is 2.63. The molecule has 0 spiro atoms. The highest BCUT2D eigenvalue weighted by Gasteiger charge is 2.26. The molecule has 0 atom stereocenters. The summed E-state index contributed by atoms with van der Waals surface area (Å²) in [5.41, 5.74) is -0.689. The summed E-state index contributed by atoms with van der Waals surface area (Å²) in [5.74, 6) is 0.948. The summed E-state index contributed by atoms with van der Waals surface area (Å²) < 4.78 is 30.7. The molecular weight excluding hydrogens is 497 g/mol. The van der Waals surface area contributed by atoms with Gasteiger partial charge in [-0.1, -0.05) is 0 Å². The van der Waals surface area contributed by atoms with Crippen LogP contribution in [-0.4, -0.2) is 81.1 Å². The van der Waals surface area contributed by atoms with Crippen LogP contribution in [0, 0.1) is 0 Å². The molecule has 0 bridgehead atoms. The van der Waals surface area contributed by atoms with E-state index in [9.17, 15) is 13.2 Å². The SMILES string of the molecule is CCNC(=NCC(C)(C)NS(C)(=O)=O)N1CCN(C(=O)c2ccco2)CC1.I. The standard InChI is InChI=1S/C17H29N5O4S.HI/c1-5-18-16(19-13-17(2,3)20-27(4,24)25)22-10-8-21(9-11-22)15(23)14-7-6-12-26-14;/h6-7,12,20H,5,8-11,13H2,1-4H3,(H,18,19);1H. The molecule has 0 saturated carbocycles. The maximum Gasteiger partial charge on any atom is 0.289 e. The molecule has 0 radical (unpaired) electrons. The predicted molar refractivity (Wildman–Crippen MR) is 120 cm³/mol. The van der Waals surface area contributed by atoms with E-state index in [1.54, 1.807) is 30.9 Å². The number of nitrogens with one attached hydrogen (secondary N) is 2. The zero-order chi connectivity index (χ0) is 20.1. The Morgan fingerprint density at radius 2 is 1.86 bits per heavy atom. The first-order chi connectivity index (χ1) is 12.6. The number of furan rings is 1. The Morgan fingerprint density at radius 1 is 1.25 bits per heavy atom. The molecule has 2 N–H and O–H groups in total. The van der Waals surface area contributed by atoms with Gasteiger partial charge in [0.1, 0.15) is 0 Å². The lowest BCUT2D eigenvalue weighted by molar-refractivity contribution is 0.0657. The van der Waals surface area contributed by atoms with E-state index in [4.69, 9.17) is 4.42 Å². The van der Waals surface area contributed by atoms with Crippen LogP contribution in [0.15, 0.2) is 27.8 Å². The molecule has 1 aliphatic rings. The Bertz CT molecular complexity index is 757. The zero-order valence-electron chi connectivity index (χ0n) is 16.8. The van der Waals surface area contributed by atoms with Gasteiger partial charge < -0.3 is 19.5 Å². The fourth-order valence-electron chi connectivity index (χ4n) is 2.91. The van der Waals surface area contributed by atoms with E-state index in [1.165, 1.54) is 6.26 Å². The van der Waals surface area contributed by atoms with E-state index in [2.05, 4.69) is 19.9 Å². The molecule has 9 nitrogen and oxygen atoms in total. The van der Waals surface area contributed by atoms with Gasteiger partial charge in [-0.25, -0.2) is 13.1 Å². The topological polar surface area (TPSA) is 107 Å². The molecule has 28 heavy (non-hydrogen) atoms. The molecular formula is C17H30IN5O4S. The molecule has 1 aliphatic heterocycles. The van der Waals surface area contributed by atoms with Crippen molar-refractivity contribution in [3.05, 3.63) is 24.2 Å². The molecule has 2 heterocycles. The fourth-order valence-corrected chi connectivity index (χ4v) is 3.98. The van der Waals surface area contributed by atoms with E-state index < -0.39 is 15.6 Å². The van der Waals surface area contributed by atoms with Crippen LogP contribution in [0.2, 0.25) is 0 Å². The van der Waals surface area contributed by atoms with Crippen LogP contribution in [0.1, 0.15) is 31.3 Å². The summed E-state index contributed by atoms with van der Waals surface area (Å²) >= 11 is 0. The van der Waals surface area contributed by atoms with Crippen molar-refractivity contribution in [2.45, 2.75) is 26.3 Å². The normalized spacial score (nSPS) is 15.9. The number of aliphatic imine (C=N–C) groups is 1. The molecule has 1 fully saturated rings. The molecule has 1 saturated heterocycles. The van der Waals surface area contributed by atoms with Crippen LogP contribution in [0.5, 0.6) is 0 Å². The third-order valence-corrected chi connectivity index (χ3v) is 4.94. The monoisotopic (exact) mass is 527 g/mol. The van der Waals surface area contributed by atoms with Gasteiger partial charge in [-0.05, 0) is 32.9 Å². The minimum absolute atomic E-state index is 0. The smallest absolute Gasteiger partial charge is 0.289 e. The van der Waals surface area contributed by atoms with E-state index in [1.807, 2.05) is 6.92 Å². The fraction of sp³-hybridized carbons (Fsp3) is 0.647. The van der Waals surface area contributed by atoms with Gasteiger partial charge in [-0.3, -0.25) is 9.79 Å². The first-order valence-electron chi connectivity index (χ1n) is 8.96. The van der Waals surface area contributed by atoms with E-state index in [-0.39, 0.29) is 29.9 Å². The van der Waals surface area contributed by atoms with Gasteiger partial charge in [0, 0.05) is 38.3 Å². The molecule has 1 aromatic heterocycles. The lowest BCUT2D eigenvalue weighted by Crippen LogP contribution is -2.54. The molecule has 160 valence electrons. The highest BCUT2D eigenvalue weighted by molar-refractivity contribution is 14.0. The minimum Gasteiger partial charge on any atom is -0.459 e. The van der Waals surface area contributed by atoms with Crippen LogP contribution in [0.4, 0.5) is 0 Å². The van der Waals surface area contributed by atoms with Crippen molar-refractivity contribution in [1.29, 1.82) is 0 Å². The third-order valence-electron chi connectivity index (χ3n) is 4.02. The summed E-state index contributed by atoms with van der Waals surface area (Å²) in [5, 5.41) is 3.24. The second kappa shape index (κ2) is 10.4. The van der Waals surface area contributed by atoms with Gasteiger partial charge in [0.2, 0.25) is 10.0 Å². The minimum atomic E-state index is -3.31. The summed E-state index contributed by atoms with van der Waals surface area (Å²) in [6, 6.07) is 3.36. The Hall–Kier alpha value is -1.34. The van der Waals surface area contributed by atoms with Gasteiger partial charge in [-0.15, -0.1) is 24.0 Å². The molecule has 2 rings (SSSR count). The Morgan fingerprint density at radius 3 is 2.36 bits per heavy atom. The number of sulfonamides is 1. The number of guanidine groups is 1. The number of piperazine rings is 1. The van der Waals surface area contributed by atoms with Gasteiger partial charge in [0.05, 0.1) is 19.1 Å². The number of carbonyl (C=O) groups is 1. The Labute approximate surface area is 184 Å². The first-order valence-corrected chi connectivity index (χ1v) is 10.9. The number of rotatable bonds is 6. The molecule has 1 aromatic rings. The lowest BCUT2D eigenvalue weighted by Gasteiger charge is -2.36. The second-order valence-corrected chi connectivity index (χ2v) is 8.93. The van der Waals surface area contributed by atoms with Crippen LogP contribution >= 0.6 is 24.0 Å².